The van der Waals surface area contributed by atoms with Gasteiger partial charge < -0.3 is 5.32 Å². The number of halogens is 3. The number of carbonyl (C=O) groups excluding carboxylic acids is 1. The molecule has 0 aliphatic rings. The maximum Gasteiger partial charge on any atom is 0.248 e. The summed E-state index contributed by atoms with van der Waals surface area (Å²) < 4.78 is 13.1. The van der Waals surface area contributed by atoms with Crippen molar-refractivity contribution in [2.24, 2.45) is 0 Å². The van der Waals surface area contributed by atoms with E-state index in [1.54, 1.807) is 37.3 Å². The predicted molar refractivity (Wildman–Crippen MR) is 85.3 cm³/mol. The summed E-state index contributed by atoms with van der Waals surface area (Å²) >= 11 is 11.7. The maximum absolute atomic E-state index is 13.1. The van der Waals surface area contributed by atoms with Gasteiger partial charge in [0.1, 0.15) is 5.82 Å². The van der Waals surface area contributed by atoms with E-state index in [-0.39, 0.29) is 5.91 Å². The van der Waals surface area contributed by atoms with Gasteiger partial charge in [0, 0.05) is 11.8 Å². The predicted octanol–water partition coefficient (Wildman–Crippen LogP) is 5.09. The summed E-state index contributed by atoms with van der Waals surface area (Å²) in [6.45, 7) is 1.79. The van der Waals surface area contributed by atoms with Crippen LogP contribution in [-0.4, -0.2) is 5.91 Å². The number of anilines is 1. The smallest absolute Gasteiger partial charge is 0.248 e. The molecule has 2 nitrogen and oxygen atoms in total. The van der Waals surface area contributed by atoms with E-state index < -0.39 is 5.82 Å². The summed E-state index contributed by atoms with van der Waals surface area (Å²) in [7, 11) is 0. The molecule has 0 radical (unpaired) electrons. The summed E-state index contributed by atoms with van der Waals surface area (Å²) in [6.07, 6.45) is 2.95. The Balaban J connectivity index is 2.09. The minimum Gasteiger partial charge on any atom is -0.322 e. The molecule has 5 heteroatoms. The third kappa shape index (κ3) is 4.31. The molecule has 0 saturated heterocycles. The second-order valence-electron chi connectivity index (χ2n) is 4.46. The first-order valence-corrected chi connectivity index (χ1v) is 6.91. The van der Waals surface area contributed by atoms with E-state index in [4.69, 9.17) is 23.2 Å². The first-order valence-electron chi connectivity index (χ1n) is 6.16. The summed E-state index contributed by atoms with van der Waals surface area (Å²) in [5.41, 5.74) is 1.97. The van der Waals surface area contributed by atoms with E-state index in [0.29, 0.717) is 15.7 Å². The Kier molecular flexibility index (Phi) is 4.99. The zero-order chi connectivity index (χ0) is 15.4. The minimum absolute atomic E-state index is 0.352. The molecule has 2 rings (SSSR count). The van der Waals surface area contributed by atoms with Gasteiger partial charge >= 0.3 is 0 Å². The molecule has 0 aromatic heterocycles. The molecule has 21 heavy (non-hydrogen) atoms. The maximum atomic E-state index is 13.1. The fraction of sp³-hybridized carbons (Fsp3) is 0.0625. The van der Waals surface area contributed by atoms with E-state index in [1.165, 1.54) is 18.2 Å². The lowest BCUT2D eigenvalue weighted by atomic mass is 10.2. The van der Waals surface area contributed by atoms with Crippen LogP contribution < -0.4 is 5.32 Å². The molecule has 1 N–H and O–H groups in total. The van der Waals surface area contributed by atoms with Crippen LogP contribution in [0.1, 0.15) is 11.1 Å². The van der Waals surface area contributed by atoms with Crippen LogP contribution in [0.25, 0.3) is 6.08 Å². The average Bonchev–Trinajstić information content (AvgIpc) is 2.44. The van der Waals surface area contributed by atoms with Crippen LogP contribution in [0.3, 0.4) is 0 Å². The number of nitrogens with one attached hydrogen (secondary N) is 1. The molecule has 0 atom stereocenters. The van der Waals surface area contributed by atoms with Crippen molar-refractivity contribution in [3.63, 3.8) is 0 Å². The van der Waals surface area contributed by atoms with Crippen LogP contribution in [0.15, 0.2) is 42.5 Å². The van der Waals surface area contributed by atoms with Crippen molar-refractivity contribution >= 4 is 40.9 Å². The van der Waals surface area contributed by atoms with Crippen molar-refractivity contribution in [1.82, 2.24) is 0 Å². The van der Waals surface area contributed by atoms with Crippen molar-refractivity contribution in [2.75, 3.05) is 5.32 Å². The normalized spacial score (nSPS) is 10.9. The van der Waals surface area contributed by atoms with Gasteiger partial charge in [0.25, 0.3) is 0 Å². The Hall–Kier alpha value is -1.84. The highest BCUT2D eigenvalue weighted by Crippen LogP contribution is 2.23. The standard InChI is InChI=1S/C16H12Cl2FNO/c1-10-2-5-12(19)9-15(10)20-16(21)7-4-11-3-6-13(17)14(18)8-11/h2-9H,1H3,(H,20,21)/b7-4+. The third-order valence-electron chi connectivity index (χ3n) is 2.83. The first-order chi connectivity index (χ1) is 9.95. The van der Waals surface area contributed by atoms with Gasteiger partial charge in [-0.15, -0.1) is 0 Å². The number of hydrogen-bond donors (Lipinski definition) is 1. The summed E-state index contributed by atoms with van der Waals surface area (Å²) in [5, 5.41) is 3.49. The van der Waals surface area contributed by atoms with E-state index >= 15 is 0 Å². The van der Waals surface area contributed by atoms with Crippen molar-refractivity contribution < 1.29 is 9.18 Å². The molecule has 2 aromatic carbocycles. The van der Waals surface area contributed by atoms with E-state index in [2.05, 4.69) is 5.32 Å². The third-order valence-corrected chi connectivity index (χ3v) is 3.57. The Morgan fingerprint density at radius 1 is 1.14 bits per heavy atom. The molecule has 0 heterocycles. The molecule has 0 bridgehead atoms. The molecule has 0 saturated carbocycles. The largest absolute Gasteiger partial charge is 0.322 e. The van der Waals surface area contributed by atoms with Gasteiger partial charge in [-0.1, -0.05) is 35.3 Å². The number of amides is 1. The molecule has 108 valence electrons. The fourth-order valence-corrected chi connectivity index (χ4v) is 2.00. The van der Waals surface area contributed by atoms with E-state index in [9.17, 15) is 9.18 Å². The van der Waals surface area contributed by atoms with Crippen molar-refractivity contribution in [2.45, 2.75) is 6.92 Å². The van der Waals surface area contributed by atoms with Crippen LogP contribution in [0.2, 0.25) is 10.0 Å². The number of aryl methyl sites for hydroxylation is 1. The van der Waals surface area contributed by atoms with Gasteiger partial charge in [-0.05, 0) is 48.4 Å². The number of benzene rings is 2. The minimum atomic E-state index is -0.399. The molecule has 0 aliphatic carbocycles. The molecule has 2 aromatic rings. The molecule has 1 amide bonds. The molecular weight excluding hydrogens is 312 g/mol. The highest BCUT2D eigenvalue weighted by atomic mass is 35.5. The van der Waals surface area contributed by atoms with Crippen molar-refractivity contribution in [1.29, 1.82) is 0 Å². The van der Waals surface area contributed by atoms with Crippen LogP contribution in [-0.2, 0) is 4.79 Å². The van der Waals surface area contributed by atoms with Crippen molar-refractivity contribution in [3.05, 3.63) is 69.5 Å². The second kappa shape index (κ2) is 6.74. The molecule has 0 unspecified atom stereocenters. The second-order valence-corrected chi connectivity index (χ2v) is 5.27. The number of carbonyl (C=O) groups is 1. The molecular formula is C16H12Cl2FNO. The lowest BCUT2D eigenvalue weighted by Crippen LogP contribution is -2.09. The van der Waals surface area contributed by atoms with Gasteiger partial charge in [0.2, 0.25) is 5.91 Å². The quantitative estimate of drug-likeness (QED) is 0.783. The summed E-state index contributed by atoms with van der Waals surface area (Å²) in [4.78, 5) is 11.8. The Labute approximate surface area is 132 Å². The van der Waals surface area contributed by atoms with Gasteiger partial charge in [-0.3, -0.25) is 4.79 Å². The van der Waals surface area contributed by atoms with Crippen molar-refractivity contribution in [3.8, 4) is 0 Å². The van der Waals surface area contributed by atoms with Gasteiger partial charge in [0.05, 0.1) is 10.0 Å². The molecule has 0 aliphatic heterocycles. The monoisotopic (exact) mass is 323 g/mol. The van der Waals surface area contributed by atoms with Gasteiger partial charge in [-0.2, -0.15) is 0 Å². The highest BCUT2D eigenvalue weighted by molar-refractivity contribution is 6.42. The van der Waals surface area contributed by atoms with Crippen LogP contribution in [0.5, 0.6) is 0 Å². The number of hydrogen-bond acceptors (Lipinski definition) is 1. The molecule has 0 fully saturated rings. The Bertz CT molecular complexity index is 713. The Morgan fingerprint density at radius 2 is 1.90 bits per heavy atom. The lowest BCUT2D eigenvalue weighted by molar-refractivity contribution is -0.111. The summed E-state index contributed by atoms with van der Waals surface area (Å²) in [6, 6.07) is 9.27. The van der Waals surface area contributed by atoms with Gasteiger partial charge in [0.15, 0.2) is 0 Å². The SMILES string of the molecule is Cc1ccc(F)cc1NC(=O)/C=C/c1ccc(Cl)c(Cl)c1. The lowest BCUT2D eigenvalue weighted by Gasteiger charge is -2.06. The number of rotatable bonds is 3. The topological polar surface area (TPSA) is 29.1 Å². The van der Waals surface area contributed by atoms with E-state index in [0.717, 1.165) is 11.1 Å². The zero-order valence-corrected chi connectivity index (χ0v) is 12.7. The summed E-state index contributed by atoms with van der Waals surface area (Å²) in [5.74, 6) is -0.751. The van der Waals surface area contributed by atoms with Crippen LogP contribution in [0.4, 0.5) is 10.1 Å². The fourth-order valence-electron chi connectivity index (χ4n) is 1.69. The first kappa shape index (κ1) is 15.5. The Morgan fingerprint density at radius 3 is 2.62 bits per heavy atom. The van der Waals surface area contributed by atoms with E-state index in [1.807, 2.05) is 0 Å². The highest BCUT2D eigenvalue weighted by Gasteiger charge is 2.03. The average molecular weight is 324 g/mol. The molecule has 0 spiro atoms. The van der Waals surface area contributed by atoms with Gasteiger partial charge in [-0.25, -0.2) is 4.39 Å². The van der Waals surface area contributed by atoms with Crippen LogP contribution >= 0.6 is 23.2 Å². The zero-order valence-electron chi connectivity index (χ0n) is 11.2. The van der Waals surface area contributed by atoms with Crippen LogP contribution in [0, 0.1) is 12.7 Å².